The highest BCUT2D eigenvalue weighted by Crippen LogP contribution is 2.29. The first kappa shape index (κ1) is 15.3. The van der Waals surface area contributed by atoms with Gasteiger partial charge in [0, 0.05) is 37.9 Å². The van der Waals surface area contributed by atoms with Gasteiger partial charge in [-0.2, -0.15) is 0 Å². The highest BCUT2D eigenvalue weighted by atomic mass is 16.6. The summed E-state index contributed by atoms with van der Waals surface area (Å²) in [6.07, 6.45) is 0. The minimum absolute atomic E-state index is 0.0530. The fourth-order valence-corrected chi connectivity index (χ4v) is 2.83. The van der Waals surface area contributed by atoms with Crippen LogP contribution in [0.15, 0.2) is 42.5 Å². The summed E-state index contributed by atoms with van der Waals surface area (Å²) in [5, 5.41) is 10.8. The molecule has 1 saturated heterocycles. The van der Waals surface area contributed by atoms with E-state index in [1.54, 1.807) is 12.1 Å². The van der Waals surface area contributed by atoms with E-state index in [0.29, 0.717) is 0 Å². The first-order valence-corrected chi connectivity index (χ1v) is 7.62. The summed E-state index contributed by atoms with van der Waals surface area (Å²) in [6.45, 7) is 4.20. The number of nitrogens with zero attached hydrogens (tertiary/aromatic N) is 3. The van der Waals surface area contributed by atoms with E-state index in [1.165, 1.54) is 11.8 Å². The SMILES string of the molecule is CN1CCN(c2ccc(-c3ccc([N+](=O)[O-])c(N)c3)cc2)CC1. The number of likely N-dealkylation sites (N-methyl/N-ethyl adjacent to an activating group) is 1. The normalized spacial score (nSPS) is 15.6. The highest BCUT2D eigenvalue weighted by Gasteiger charge is 2.15. The molecule has 0 spiro atoms. The molecule has 0 saturated carbocycles. The molecule has 2 N–H and O–H groups in total. The molecule has 0 radical (unpaired) electrons. The van der Waals surface area contributed by atoms with Gasteiger partial charge in [0.2, 0.25) is 0 Å². The molecule has 0 bridgehead atoms. The van der Waals surface area contributed by atoms with Crippen LogP contribution < -0.4 is 10.6 Å². The third kappa shape index (κ3) is 3.27. The standard InChI is InChI=1S/C17H20N4O2/c1-19-8-10-20(11-9-19)15-5-2-13(3-6-15)14-4-7-17(21(22)23)16(18)12-14/h2-7,12H,8-11,18H2,1H3. The second kappa shape index (κ2) is 6.26. The van der Waals surface area contributed by atoms with Gasteiger partial charge in [0.25, 0.3) is 5.69 Å². The summed E-state index contributed by atoms with van der Waals surface area (Å²) in [4.78, 5) is 15.1. The molecular formula is C17H20N4O2. The maximum absolute atomic E-state index is 10.8. The van der Waals surface area contributed by atoms with E-state index in [0.717, 1.165) is 37.3 Å². The van der Waals surface area contributed by atoms with Gasteiger partial charge >= 0.3 is 0 Å². The number of nitrogen functional groups attached to an aromatic ring is 1. The van der Waals surface area contributed by atoms with Gasteiger partial charge in [-0.15, -0.1) is 0 Å². The molecule has 1 aliphatic heterocycles. The van der Waals surface area contributed by atoms with Gasteiger partial charge in [0.05, 0.1) is 4.92 Å². The average Bonchev–Trinajstić information content (AvgIpc) is 2.55. The minimum atomic E-state index is -0.463. The molecule has 0 aromatic heterocycles. The predicted molar refractivity (Wildman–Crippen MR) is 92.7 cm³/mol. The zero-order valence-corrected chi connectivity index (χ0v) is 13.1. The Morgan fingerprint density at radius 2 is 1.61 bits per heavy atom. The lowest BCUT2D eigenvalue weighted by Crippen LogP contribution is -2.44. The number of anilines is 2. The summed E-state index contributed by atoms with van der Waals surface area (Å²) in [5.41, 5.74) is 9.00. The number of piperazine rings is 1. The third-order valence-corrected chi connectivity index (χ3v) is 4.29. The molecule has 2 aromatic rings. The molecule has 0 aliphatic carbocycles. The van der Waals surface area contributed by atoms with Crippen molar-refractivity contribution in [1.82, 2.24) is 4.90 Å². The molecule has 6 nitrogen and oxygen atoms in total. The molecule has 6 heteroatoms. The fourth-order valence-electron chi connectivity index (χ4n) is 2.83. The van der Waals surface area contributed by atoms with E-state index in [-0.39, 0.29) is 11.4 Å². The Morgan fingerprint density at radius 3 is 2.17 bits per heavy atom. The van der Waals surface area contributed by atoms with Gasteiger partial charge in [0.1, 0.15) is 5.69 Å². The van der Waals surface area contributed by atoms with Crippen LogP contribution in [-0.2, 0) is 0 Å². The molecule has 1 aliphatic rings. The van der Waals surface area contributed by atoms with Crippen molar-refractivity contribution >= 4 is 17.1 Å². The van der Waals surface area contributed by atoms with Gasteiger partial charge in [-0.3, -0.25) is 10.1 Å². The van der Waals surface area contributed by atoms with Gasteiger partial charge in [-0.1, -0.05) is 12.1 Å². The van der Waals surface area contributed by atoms with Crippen molar-refractivity contribution in [2.24, 2.45) is 0 Å². The van der Waals surface area contributed by atoms with Crippen LogP contribution in [0.1, 0.15) is 0 Å². The number of hydrogen-bond donors (Lipinski definition) is 1. The Kier molecular flexibility index (Phi) is 4.16. The Balaban J connectivity index is 1.79. The van der Waals surface area contributed by atoms with Gasteiger partial charge in [0.15, 0.2) is 0 Å². The molecule has 0 unspecified atom stereocenters. The predicted octanol–water partition coefficient (Wildman–Crippen LogP) is 2.60. The van der Waals surface area contributed by atoms with Crippen molar-refractivity contribution in [1.29, 1.82) is 0 Å². The molecule has 3 rings (SSSR count). The molecule has 23 heavy (non-hydrogen) atoms. The van der Waals surface area contributed by atoms with Gasteiger partial charge < -0.3 is 15.5 Å². The molecule has 0 atom stereocenters. The molecule has 120 valence electrons. The summed E-state index contributed by atoms with van der Waals surface area (Å²) < 4.78 is 0. The van der Waals surface area contributed by atoms with Crippen LogP contribution in [0.5, 0.6) is 0 Å². The van der Waals surface area contributed by atoms with Crippen LogP contribution in [0.3, 0.4) is 0 Å². The van der Waals surface area contributed by atoms with Crippen LogP contribution in [-0.4, -0.2) is 43.0 Å². The fraction of sp³-hybridized carbons (Fsp3) is 0.294. The number of nitro benzene ring substituents is 1. The van der Waals surface area contributed by atoms with Crippen molar-refractivity contribution in [3.8, 4) is 11.1 Å². The monoisotopic (exact) mass is 312 g/mol. The maximum Gasteiger partial charge on any atom is 0.292 e. The largest absolute Gasteiger partial charge is 0.393 e. The highest BCUT2D eigenvalue weighted by molar-refractivity contribution is 5.73. The lowest BCUT2D eigenvalue weighted by Gasteiger charge is -2.34. The van der Waals surface area contributed by atoms with Gasteiger partial charge in [-0.05, 0) is 42.4 Å². The van der Waals surface area contributed by atoms with Crippen molar-refractivity contribution in [3.63, 3.8) is 0 Å². The zero-order valence-electron chi connectivity index (χ0n) is 13.1. The number of benzene rings is 2. The second-order valence-corrected chi connectivity index (χ2v) is 5.87. The van der Waals surface area contributed by atoms with E-state index in [2.05, 4.69) is 29.0 Å². The molecule has 1 fully saturated rings. The Morgan fingerprint density at radius 1 is 1.00 bits per heavy atom. The topological polar surface area (TPSA) is 75.6 Å². The third-order valence-electron chi connectivity index (χ3n) is 4.29. The molecular weight excluding hydrogens is 292 g/mol. The maximum atomic E-state index is 10.8. The summed E-state index contributed by atoms with van der Waals surface area (Å²) in [5.74, 6) is 0. The summed E-state index contributed by atoms with van der Waals surface area (Å²) in [7, 11) is 2.14. The first-order valence-electron chi connectivity index (χ1n) is 7.62. The molecule has 2 aromatic carbocycles. The summed E-state index contributed by atoms with van der Waals surface area (Å²) in [6, 6.07) is 13.1. The Bertz CT molecular complexity index is 707. The van der Waals surface area contributed by atoms with Crippen LogP contribution in [0.4, 0.5) is 17.1 Å². The van der Waals surface area contributed by atoms with Crippen molar-refractivity contribution in [2.45, 2.75) is 0 Å². The number of nitrogens with two attached hydrogens (primary N) is 1. The number of nitro groups is 1. The smallest absolute Gasteiger partial charge is 0.292 e. The zero-order chi connectivity index (χ0) is 16.4. The lowest BCUT2D eigenvalue weighted by molar-refractivity contribution is -0.383. The van der Waals surface area contributed by atoms with E-state index >= 15 is 0 Å². The van der Waals surface area contributed by atoms with E-state index < -0.39 is 4.92 Å². The number of rotatable bonds is 3. The van der Waals surface area contributed by atoms with Crippen molar-refractivity contribution in [2.75, 3.05) is 43.9 Å². The van der Waals surface area contributed by atoms with E-state index in [1.807, 2.05) is 12.1 Å². The first-order chi connectivity index (χ1) is 11.0. The summed E-state index contributed by atoms with van der Waals surface area (Å²) >= 11 is 0. The number of hydrogen-bond acceptors (Lipinski definition) is 5. The Labute approximate surface area is 135 Å². The van der Waals surface area contributed by atoms with Gasteiger partial charge in [-0.25, -0.2) is 0 Å². The van der Waals surface area contributed by atoms with Crippen LogP contribution in [0.2, 0.25) is 0 Å². The van der Waals surface area contributed by atoms with Crippen molar-refractivity contribution in [3.05, 3.63) is 52.6 Å². The van der Waals surface area contributed by atoms with E-state index in [9.17, 15) is 10.1 Å². The molecule has 1 heterocycles. The molecule has 0 amide bonds. The van der Waals surface area contributed by atoms with E-state index in [4.69, 9.17) is 5.73 Å². The second-order valence-electron chi connectivity index (χ2n) is 5.87. The quantitative estimate of drug-likeness (QED) is 0.535. The lowest BCUT2D eigenvalue weighted by atomic mass is 10.0. The van der Waals surface area contributed by atoms with Crippen LogP contribution in [0.25, 0.3) is 11.1 Å². The van der Waals surface area contributed by atoms with Crippen LogP contribution in [0, 0.1) is 10.1 Å². The average molecular weight is 312 g/mol. The minimum Gasteiger partial charge on any atom is -0.393 e. The Hall–Kier alpha value is -2.60. The van der Waals surface area contributed by atoms with Crippen LogP contribution >= 0.6 is 0 Å². The van der Waals surface area contributed by atoms with Crippen molar-refractivity contribution < 1.29 is 4.92 Å².